The molecule has 6 heteroatoms. The van der Waals surface area contributed by atoms with E-state index in [4.69, 9.17) is 5.73 Å². The Kier molecular flexibility index (Phi) is 24.9. The molecule has 0 saturated heterocycles. The van der Waals surface area contributed by atoms with Gasteiger partial charge >= 0.3 is 21.7 Å². The smallest absolute Gasteiger partial charge is 1.00 e. The van der Waals surface area contributed by atoms with Gasteiger partial charge in [0, 0.05) is 15.1 Å². The molecular formula is C18H25Cl2NOSiTi. The molecule has 0 aromatic heterocycles. The summed E-state index contributed by atoms with van der Waals surface area (Å²) < 4.78 is 0. The fraction of sp³-hybridized carbons (Fsp3) is 0.389. The van der Waals surface area contributed by atoms with Gasteiger partial charge in [0.15, 0.2) is 0 Å². The summed E-state index contributed by atoms with van der Waals surface area (Å²) in [5.41, 5.74) is 9.83. The van der Waals surface area contributed by atoms with Crippen molar-refractivity contribution < 1.29 is 51.3 Å². The molecule has 0 bridgehead atoms. The van der Waals surface area contributed by atoms with E-state index in [0.29, 0.717) is 11.5 Å². The number of hydrogen-bond donors (Lipinski definition) is 0. The minimum absolute atomic E-state index is 0. The summed E-state index contributed by atoms with van der Waals surface area (Å²) in [5.74, 6) is -0.296. The third-order valence-electron chi connectivity index (χ3n) is 2.70. The van der Waals surface area contributed by atoms with Gasteiger partial charge in [-0.05, 0) is 11.5 Å². The topological polar surface area (TPSA) is 40.9 Å². The Bertz CT molecular complexity index is 503. The standard InChI is InChI=1S/C10H13NO.C6H7.C2H6Si.2ClH.Ti/c1-7(2)8-5-3-4-6-9(8)10(11)12;1-6-4-2-3-5-6;1-3-2;;;/h3-7H,1-2H3,(H2,11,12);4-5H,2H2,1H3;1-2H3;2*1H;/q;-1;;;;+4/p-3. The Morgan fingerprint density at radius 2 is 1.71 bits per heavy atom. The van der Waals surface area contributed by atoms with Gasteiger partial charge in [-0.25, -0.2) is 11.6 Å². The third-order valence-corrected chi connectivity index (χ3v) is 2.70. The molecular weight excluding hydrogens is 393 g/mol. The van der Waals surface area contributed by atoms with Gasteiger partial charge in [0.05, 0.1) is 5.91 Å². The van der Waals surface area contributed by atoms with Crippen LogP contribution in [0.25, 0.3) is 5.73 Å². The van der Waals surface area contributed by atoms with Crippen LogP contribution in [0.2, 0.25) is 13.1 Å². The first kappa shape index (κ1) is 31.5. The summed E-state index contributed by atoms with van der Waals surface area (Å²) in [6.45, 7) is 10.4. The molecule has 130 valence electrons. The summed E-state index contributed by atoms with van der Waals surface area (Å²) in [4.78, 5) is 10.8. The van der Waals surface area contributed by atoms with Gasteiger partial charge in [-0.1, -0.05) is 51.2 Å². The van der Waals surface area contributed by atoms with E-state index in [0.717, 1.165) is 21.5 Å². The summed E-state index contributed by atoms with van der Waals surface area (Å²) in [6.07, 6.45) is 8.24. The van der Waals surface area contributed by atoms with E-state index in [9.17, 15) is 4.79 Å². The van der Waals surface area contributed by atoms with Gasteiger partial charge in [0.1, 0.15) is 0 Å². The van der Waals surface area contributed by atoms with Crippen molar-refractivity contribution in [1.29, 1.82) is 0 Å². The number of rotatable bonds is 2. The molecule has 24 heavy (non-hydrogen) atoms. The summed E-state index contributed by atoms with van der Waals surface area (Å²) in [6, 6.07) is 7.27. The van der Waals surface area contributed by atoms with Gasteiger partial charge in [0.2, 0.25) is 0 Å². The number of amides is 1. The number of nitrogens with one attached hydrogen (secondary N) is 1. The maximum Gasteiger partial charge on any atom is 4.00 e. The molecule has 0 spiro atoms. The van der Waals surface area contributed by atoms with Crippen molar-refractivity contribution in [3.05, 3.63) is 64.9 Å². The Labute approximate surface area is 177 Å². The first-order valence-electron chi connectivity index (χ1n) is 7.10. The van der Waals surface area contributed by atoms with Crippen LogP contribution in [0.3, 0.4) is 0 Å². The van der Waals surface area contributed by atoms with Crippen molar-refractivity contribution in [3.63, 3.8) is 0 Å². The van der Waals surface area contributed by atoms with E-state index < -0.39 is 5.91 Å². The predicted octanol–water partition coefficient (Wildman–Crippen LogP) is -0.510. The zero-order valence-corrected chi connectivity index (χ0v) is 19.0. The molecule has 2 radical (unpaired) electrons. The molecule has 0 unspecified atom stereocenters. The fourth-order valence-electron chi connectivity index (χ4n) is 1.71. The first-order valence-corrected chi connectivity index (χ1v) is 9.10. The van der Waals surface area contributed by atoms with Crippen LogP contribution in [0.1, 0.15) is 49.0 Å². The zero-order valence-electron chi connectivity index (χ0n) is 14.9. The monoisotopic (exact) mass is 417 g/mol. The van der Waals surface area contributed by atoms with Crippen LogP contribution in [-0.2, 0) is 21.7 Å². The van der Waals surface area contributed by atoms with Crippen LogP contribution in [0.5, 0.6) is 0 Å². The van der Waals surface area contributed by atoms with Crippen LogP contribution in [0.15, 0.2) is 42.0 Å². The molecule has 1 aliphatic carbocycles. The number of halogens is 2. The molecule has 1 aromatic rings. The molecule has 0 saturated carbocycles. The number of hydrogen-bond acceptors (Lipinski definition) is 1. The molecule has 0 fully saturated rings. The van der Waals surface area contributed by atoms with E-state index in [1.54, 1.807) is 12.1 Å². The SMILES string of the molecule is CC(C)c1ccccc1C([NH-])=O.CC1=CC[C-]=C1.C[Si]C.[Cl-].[Cl-].[Ti+4]. The van der Waals surface area contributed by atoms with Crippen LogP contribution in [0, 0.1) is 6.08 Å². The molecule has 0 heterocycles. The van der Waals surface area contributed by atoms with Gasteiger partial charge in [-0.15, -0.1) is 13.3 Å². The normalized spacial score (nSPS) is 10.5. The van der Waals surface area contributed by atoms with Crippen LogP contribution in [-0.4, -0.2) is 15.4 Å². The molecule has 1 aliphatic rings. The van der Waals surface area contributed by atoms with Crippen LogP contribution >= 0.6 is 0 Å². The quantitative estimate of drug-likeness (QED) is 0.472. The Morgan fingerprint density at radius 1 is 1.21 bits per heavy atom. The largest absolute Gasteiger partial charge is 4.00 e. The van der Waals surface area contributed by atoms with E-state index in [-0.39, 0.29) is 46.5 Å². The fourth-order valence-corrected chi connectivity index (χ4v) is 1.71. The Hall–Kier alpha value is -0.319. The van der Waals surface area contributed by atoms with E-state index in [2.05, 4.69) is 32.2 Å². The summed E-state index contributed by atoms with van der Waals surface area (Å²) >= 11 is 0. The maximum atomic E-state index is 10.8. The second-order valence-corrected chi connectivity index (χ2v) is 6.07. The summed E-state index contributed by atoms with van der Waals surface area (Å²) in [5, 5.41) is 0. The first-order chi connectivity index (χ1) is 9.93. The van der Waals surface area contributed by atoms with Gasteiger partial charge in [-0.3, -0.25) is 6.08 Å². The zero-order chi connectivity index (χ0) is 16.3. The van der Waals surface area contributed by atoms with E-state index >= 15 is 0 Å². The molecule has 1 amide bonds. The van der Waals surface area contributed by atoms with E-state index in [1.807, 2.05) is 32.1 Å². The minimum Gasteiger partial charge on any atom is -1.00 e. The number of carbonyl (C=O) groups excluding carboxylic acids is 1. The van der Waals surface area contributed by atoms with Gasteiger partial charge < -0.3 is 35.3 Å². The summed E-state index contributed by atoms with van der Waals surface area (Å²) in [7, 11) is 1.08. The predicted molar refractivity (Wildman–Crippen MR) is 92.9 cm³/mol. The third kappa shape index (κ3) is 14.1. The van der Waals surface area contributed by atoms with Crippen LogP contribution in [0.4, 0.5) is 0 Å². The Balaban J connectivity index is -0.000000143. The van der Waals surface area contributed by atoms with E-state index in [1.165, 1.54) is 5.57 Å². The average Bonchev–Trinajstić information content (AvgIpc) is 2.91. The van der Waals surface area contributed by atoms with Crippen molar-refractivity contribution in [2.75, 3.05) is 0 Å². The average molecular weight is 418 g/mol. The second kappa shape index (κ2) is 19.0. The second-order valence-electron chi connectivity index (χ2n) is 5.07. The van der Waals surface area contributed by atoms with Crippen molar-refractivity contribution in [3.8, 4) is 0 Å². The van der Waals surface area contributed by atoms with Crippen molar-refractivity contribution in [2.45, 2.75) is 46.2 Å². The molecule has 2 rings (SSSR count). The Morgan fingerprint density at radius 3 is 1.96 bits per heavy atom. The van der Waals surface area contributed by atoms with Crippen molar-refractivity contribution in [2.24, 2.45) is 0 Å². The number of carbonyl (C=O) groups is 1. The minimum atomic E-state index is -0.598. The van der Waals surface area contributed by atoms with Crippen LogP contribution < -0.4 is 24.8 Å². The molecule has 1 N–H and O–H groups in total. The number of benzene rings is 1. The molecule has 0 aliphatic heterocycles. The van der Waals surface area contributed by atoms with Crippen molar-refractivity contribution >= 4 is 15.4 Å². The van der Waals surface area contributed by atoms with Gasteiger partial charge in [0.25, 0.3) is 0 Å². The van der Waals surface area contributed by atoms with Gasteiger partial charge in [-0.2, -0.15) is 6.08 Å². The molecule has 0 atom stereocenters. The molecule has 2 nitrogen and oxygen atoms in total. The van der Waals surface area contributed by atoms with Crippen molar-refractivity contribution in [1.82, 2.24) is 0 Å². The number of allylic oxidation sites excluding steroid dienone is 4. The maximum absolute atomic E-state index is 10.8. The molecule has 1 aromatic carbocycles.